The second kappa shape index (κ2) is 10.3. The number of anilines is 1. The van der Waals surface area contributed by atoms with Gasteiger partial charge in [-0.2, -0.15) is 16.9 Å². The fraction of sp³-hybridized carbons (Fsp3) is 0.389. The highest BCUT2D eigenvalue weighted by atomic mass is 35.5. The number of rotatable bonds is 7. The van der Waals surface area contributed by atoms with E-state index in [2.05, 4.69) is 25.6 Å². The van der Waals surface area contributed by atoms with E-state index in [1.54, 1.807) is 11.8 Å². The zero-order chi connectivity index (χ0) is 18.4. The monoisotopic (exact) mass is 410 g/mol. The third-order valence-electron chi connectivity index (χ3n) is 4.15. The number of thioether (sulfide) groups is 1. The summed E-state index contributed by atoms with van der Waals surface area (Å²) in [5, 5.41) is 13.3. The van der Waals surface area contributed by atoms with Gasteiger partial charge in [0.15, 0.2) is 5.69 Å². The Kier molecular flexibility index (Phi) is 8.15. The lowest BCUT2D eigenvalue weighted by molar-refractivity contribution is -0.140. The van der Waals surface area contributed by atoms with Crippen molar-refractivity contribution in [3.05, 3.63) is 46.8 Å². The highest BCUT2D eigenvalue weighted by Gasteiger charge is 2.21. The van der Waals surface area contributed by atoms with Crippen molar-refractivity contribution in [2.75, 3.05) is 24.7 Å². The number of carbonyl (C=O) groups is 2. The molecule has 3 N–H and O–H groups in total. The van der Waals surface area contributed by atoms with Crippen LogP contribution >= 0.6 is 24.2 Å². The number of benzene rings is 1. The standard InChI is InChI=1S/C18H22N4O3S.ClH/c1-25-16(23)6-8-26-11-12-3-2-4-13(9-12)20-18(24)17-14-10-19-7-5-15(14)21-22-17;/h2-4,9,19H,5-8,10-11H2,1H3,(H,20,24)(H,21,22);1H. The van der Waals surface area contributed by atoms with Gasteiger partial charge in [-0.15, -0.1) is 12.4 Å². The molecule has 2 aromatic rings. The van der Waals surface area contributed by atoms with Crippen molar-refractivity contribution in [2.45, 2.75) is 25.1 Å². The largest absolute Gasteiger partial charge is 0.469 e. The second-order valence-corrected chi connectivity index (χ2v) is 7.09. The van der Waals surface area contributed by atoms with Gasteiger partial charge in [0.05, 0.1) is 13.5 Å². The first-order valence-electron chi connectivity index (χ1n) is 8.49. The fourth-order valence-corrected chi connectivity index (χ4v) is 3.66. The van der Waals surface area contributed by atoms with Gasteiger partial charge >= 0.3 is 5.97 Å². The maximum atomic E-state index is 12.5. The number of esters is 1. The number of nitrogens with one attached hydrogen (secondary N) is 3. The van der Waals surface area contributed by atoms with Crippen LogP contribution in [0.1, 0.15) is 33.7 Å². The minimum absolute atomic E-state index is 0. The molecular formula is C18H23ClN4O3S. The van der Waals surface area contributed by atoms with Crippen LogP contribution in [0.3, 0.4) is 0 Å². The van der Waals surface area contributed by atoms with Gasteiger partial charge < -0.3 is 15.4 Å². The number of fused-ring (bicyclic) bond motifs is 1. The molecule has 0 atom stereocenters. The number of aromatic nitrogens is 2. The molecule has 0 unspecified atom stereocenters. The van der Waals surface area contributed by atoms with E-state index in [0.717, 1.165) is 41.2 Å². The van der Waals surface area contributed by atoms with Crippen molar-refractivity contribution in [1.82, 2.24) is 15.5 Å². The number of hydrogen-bond acceptors (Lipinski definition) is 6. The van der Waals surface area contributed by atoms with E-state index >= 15 is 0 Å². The maximum absolute atomic E-state index is 12.5. The Labute approximate surface area is 168 Å². The molecule has 0 aliphatic carbocycles. The highest BCUT2D eigenvalue weighted by molar-refractivity contribution is 7.98. The molecule has 1 aliphatic rings. The molecule has 1 amide bonds. The van der Waals surface area contributed by atoms with Crippen molar-refractivity contribution < 1.29 is 14.3 Å². The van der Waals surface area contributed by atoms with Crippen LogP contribution in [0, 0.1) is 0 Å². The van der Waals surface area contributed by atoms with Crippen molar-refractivity contribution in [3.8, 4) is 0 Å². The Morgan fingerprint density at radius 1 is 1.37 bits per heavy atom. The molecule has 0 spiro atoms. The van der Waals surface area contributed by atoms with Gasteiger partial charge in [0.2, 0.25) is 0 Å². The van der Waals surface area contributed by atoms with E-state index in [1.165, 1.54) is 7.11 Å². The molecule has 7 nitrogen and oxygen atoms in total. The molecule has 1 aliphatic heterocycles. The third kappa shape index (κ3) is 5.72. The predicted molar refractivity (Wildman–Crippen MR) is 108 cm³/mol. The third-order valence-corrected chi connectivity index (χ3v) is 5.18. The lowest BCUT2D eigenvalue weighted by Gasteiger charge is -2.13. The zero-order valence-corrected chi connectivity index (χ0v) is 16.7. The molecule has 1 aromatic heterocycles. The van der Waals surface area contributed by atoms with Crippen LogP contribution in [0.4, 0.5) is 5.69 Å². The quantitative estimate of drug-likeness (QED) is 0.479. The summed E-state index contributed by atoms with van der Waals surface area (Å²) in [6, 6.07) is 7.72. The van der Waals surface area contributed by atoms with Gasteiger partial charge in [0.25, 0.3) is 5.91 Å². The predicted octanol–water partition coefficient (Wildman–Crippen LogP) is 2.53. The first-order chi connectivity index (χ1) is 12.7. The van der Waals surface area contributed by atoms with E-state index in [-0.39, 0.29) is 24.3 Å². The molecule has 0 radical (unpaired) electrons. The Morgan fingerprint density at radius 2 is 2.22 bits per heavy atom. The molecule has 0 bridgehead atoms. The van der Waals surface area contributed by atoms with E-state index in [9.17, 15) is 9.59 Å². The summed E-state index contributed by atoms with van der Waals surface area (Å²) in [5.41, 5.74) is 4.25. The Hall–Kier alpha value is -2.03. The number of amides is 1. The first kappa shape index (κ1) is 21.3. The minimum Gasteiger partial charge on any atom is -0.469 e. The topological polar surface area (TPSA) is 96.1 Å². The van der Waals surface area contributed by atoms with Crippen molar-refractivity contribution in [2.24, 2.45) is 0 Å². The van der Waals surface area contributed by atoms with Crippen LogP contribution in [0.5, 0.6) is 0 Å². The van der Waals surface area contributed by atoms with Gasteiger partial charge in [-0.25, -0.2) is 0 Å². The average molecular weight is 411 g/mol. The second-order valence-electron chi connectivity index (χ2n) is 5.99. The smallest absolute Gasteiger partial charge is 0.306 e. The van der Waals surface area contributed by atoms with Crippen LogP contribution in [0.2, 0.25) is 0 Å². The van der Waals surface area contributed by atoms with Gasteiger partial charge in [0, 0.05) is 48.0 Å². The molecular weight excluding hydrogens is 388 g/mol. The van der Waals surface area contributed by atoms with Crippen molar-refractivity contribution in [1.29, 1.82) is 0 Å². The minimum atomic E-state index is -0.207. The number of hydrogen-bond donors (Lipinski definition) is 3. The number of ether oxygens (including phenoxy) is 1. The van der Waals surface area contributed by atoms with E-state index < -0.39 is 0 Å². The van der Waals surface area contributed by atoms with Gasteiger partial charge in [-0.05, 0) is 17.7 Å². The van der Waals surface area contributed by atoms with Crippen LogP contribution in [-0.2, 0) is 28.2 Å². The highest BCUT2D eigenvalue weighted by Crippen LogP contribution is 2.20. The van der Waals surface area contributed by atoms with Gasteiger partial charge in [-0.3, -0.25) is 14.7 Å². The van der Waals surface area contributed by atoms with Crippen LogP contribution in [0.25, 0.3) is 0 Å². The van der Waals surface area contributed by atoms with Gasteiger partial charge in [-0.1, -0.05) is 12.1 Å². The van der Waals surface area contributed by atoms with Gasteiger partial charge in [0.1, 0.15) is 0 Å². The number of nitrogens with zero attached hydrogens (tertiary/aromatic N) is 1. The molecule has 1 aromatic carbocycles. The summed E-state index contributed by atoms with van der Waals surface area (Å²) in [6.45, 7) is 1.55. The molecule has 2 heterocycles. The lowest BCUT2D eigenvalue weighted by Crippen LogP contribution is -2.25. The number of aromatic amines is 1. The zero-order valence-electron chi connectivity index (χ0n) is 15.0. The summed E-state index contributed by atoms with van der Waals surface area (Å²) in [7, 11) is 1.39. The van der Waals surface area contributed by atoms with Crippen LogP contribution in [0.15, 0.2) is 24.3 Å². The van der Waals surface area contributed by atoms with Crippen LogP contribution in [-0.4, -0.2) is 41.5 Å². The average Bonchev–Trinajstić information content (AvgIpc) is 3.09. The molecule has 0 saturated heterocycles. The fourth-order valence-electron chi connectivity index (χ4n) is 2.79. The lowest BCUT2D eigenvalue weighted by atomic mass is 10.1. The normalized spacial score (nSPS) is 12.6. The maximum Gasteiger partial charge on any atom is 0.306 e. The van der Waals surface area contributed by atoms with E-state index in [0.29, 0.717) is 24.4 Å². The van der Waals surface area contributed by atoms with E-state index in [1.807, 2.05) is 24.3 Å². The van der Waals surface area contributed by atoms with E-state index in [4.69, 9.17) is 0 Å². The number of H-pyrrole nitrogens is 1. The molecule has 0 saturated carbocycles. The molecule has 0 fully saturated rings. The summed E-state index contributed by atoms with van der Waals surface area (Å²) in [6.07, 6.45) is 1.25. The molecule has 9 heteroatoms. The SMILES string of the molecule is COC(=O)CCSCc1cccc(NC(=O)c2n[nH]c3c2CNCC3)c1.Cl. The Morgan fingerprint density at radius 3 is 3.04 bits per heavy atom. The Balaban J connectivity index is 0.00000261. The molecule has 146 valence electrons. The van der Waals surface area contributed by atoms with Crippen molar-refractivity contribution >= 4 is 41.7 Å². The van der Waals surface area contributed by atoms with Crippen molar-refractivity contribution in [3.63, 3.8) is 0 Å². The summed E-state index contributed by atoms with van der Waals surface area (Å²) in [4.78, 5) is 23.7. The van der Waals surface area contributed by atoms with Crippen LogP contribution < -0.4 is 10.6 Å². The molecule has 27 heavy (non-hydrogen) atoms. The summed E-state index contributed by atoms with van der Waals surface area (Å²) in [5.74, 6) is 1.06. The summed E-state index contributed by atoms with van der Waals surface area (Å²) < 4.78 is 4.63. The first-order valence-corrected chi connectivity index (χ1v) is 9.64. The summed E-state index contributed by atoms with van der Waals surface area (Å²) >= 11 is 1.65. The number of methoxy groups -OCH3 is 1. The Bertz CT molecular complexity index is 797. The molecule has 3 rings (SSSR count). The number of halogens is 1. The number of carbonyl (C=O) groups excluding carboxylic acids is 2.